The van der Waals surface area contributed by atoms with Gasteiger partial charge in [-0.05, 0) is 70.1 Å². The predicted octanol–water partition coefficient (Wildman–Crippen LogP) is 6.16. The van der Waals surface area contributed by atoms with Gasteiger partial charge in [-0.15, -0.1) is 0 Å². The zero-order chi connectivity index (χ0) is 21.1. The molecule has 158 valence electrons. The summed E-state index contributed by atoms with van der Waals surface area (Å²) in [6.45, 7) is 2.52. The summed E-state index contributed by atoms with van der Waals surface area (Å²) in [5.74, 6) is 0.736. The van der Waals surface area contributed by atoms with E-state index in [0.717, 1.165) is 26.9 Å². The molecule has 6 heteroatoms. The normalized spacial score (nSPS) is 15.4. The Morgan fingerprint density at radius 3 is 2.63 bits per heavy atom. The SMILES string of the molecule is COC(=O)C[C@@H](C)c1ccc(OCc2ccc3c(Br)nn(C4CCCC4)c3c2)cc1. The van der Waals surface area contributed by atoms with Gasteiger partial charge in [0.2, 0.25) is 0 Å². The van der Waals surface area contributed by atoms with Crippen molar-refractivity contribution >= 4 is 32.8 Å². The summed E-state index contributed by atoms with van der Waals surface area (Å²) in [6.07, 6.45) is 5.33. The van der Waals surface area contributed by atoms with E-state index in [0.29, 0.717) is 19.1 Å². The molecular weight excluding hydrogens is 444 g/mol. The number of hydrogen-bond acceptors (Lipinski definition) is 4. The maximum Gasteiger partial charge on any atom is 0.306 e. The number of carbonyl (C=O) groups excluding carboxylic acids is 1. The Kier molecular flexibility index (Phi) is 6.42. The van der Waals surface area contributed by atoms with Gasteiger partial charge in [-0.3, -0.25) is 9.48 Å². The highest BCUT2D eigenvalue weighted by Crippen LogP contribution is 2.34. The average Bonchev–Trinajstić information content (AvgIpc) is 3.40. The topological polar surface area (TPSA) is 53.4 Å². The molecule has 0 aliphatic heterocycles. The van der Waals surface area contributed by atoms with Gasteiger partial charge in [-0.25, -0.2) is 0 Å². The molecule has 2 aromatic carbocycles. The van der Waals surface area contributed by atoms with Crippen molar-refractivity contribution in [3.05, 3.63) is 58.2 Å². The van der Waals surface area contributed by atoms with E-state index in [1.54, 1.807) is 0 Å². The maximum absolute atomic E-state index is 11.5. The van der Waals surface area contributed by atoms with Crippen molar-refractivity contribution in [2.75, 3.05) is 7.11 Å². The van der Waals surface area contributed by atoms with Gasteiger partial charge in [0.25, 0.3) is 0 Å². The first-order chi connectivity index (χ1) is 14.5. The standard InChI is InChI=1S/C24H27BrN2O3/c1-16(13-23(28)29-2)18-8-10-20(11-9-18)30-15-17-7-12-21-22(14-17)27(26-24(21)25)19-5-3-4-6-19/h7-12,14,16,19H,3-6,13,15H2,1-2H3/t16-/m1/s1. The number of nitrogens with zero attached hydrogens (tertiary/aromatic N) is 2. The van der Waals surface area contributed by atoms with Crippen LogP contribution in [0, 0.1) is 0 Å². The van der Waals surface area contributed by atoms with E-state index in [9.17, 15) is 4.79 Å². The summed E-state index contributed by atoms with van der Waals surface area (Å²) in [4.78, 5) is 11.5. The van der Waals surface area contributed by atoms with Crippen LogP contribution in [0.2, 0.25) is 0 Å². The molecule has 0 radical (unpaired) electrons. The lowest BCUT2D eigenvalue weighted by atomic mass is 9.98. The van der Waals surface area contributed by atoms with E-state index in [2.05, 4.69) is 38.8 Å². The van der Waals surface area contributed by atoms with Gasteiger partial charge in [0.05, 0.1) is 25.1 Å². The van der Waals surface area contributed by atoms with Crippen LogP contribution in [0.1, 0.15) is 62.1 Å². The zero-order valence-electron chi connectivity index (χ0n) is 17.4. The van der Waals surface area contributed by atoms with Crippen molar-refractivity contribution < 1.29 is 14.3 Å². The van der Waals surface area contributed by atoms with Crippen molar-refractivity contribution in [3.8, 4) is 5.75 Å². The number of benzene rings is 2. The second-order valence-corrected chi connectivity index (χ2v) is 8.82. The summed E-state index contributed by atoms with van der Waals surface area (Å²) in [5, 5.41) is 5.89. The molecule has 0 saturated heterocycles. The van der Waals surface area contributed by atoms with E-state index in [1.807, 2.05) is 31.2 Å². The molecule has 0 spiro atoms. The van der Waals surface area contributed by atoms with E-state index in [-0.39, 0.29) is 11.9 Å². The fraction of sp³-hybridized carbons (Fsp3) is 0.417. The Labute approximate surface area is 185 Å². The number of aromatic nitrogens is 2. The van der Waals surface area contributed by atoms with Crippen LogP contribution < -0.4 is 4.74 Å². The Balaban J connectivity index is 1.44. The molecule has 0 bridgehead atoms. The molecule has 1 aromatic heterocycles. The highest BCUT2D eigenvalue weighted by Gasteiger charge is 2.21. The Hall–Kier alpha value is -2.34. The first kappa shape index (κ1) is 20.9. The molecule has 0 N–H and O–H groups in total. The number of esters is 1. The molecule has 4 rings (SSSR count). The van der Waals surface area contributed by atoms with E-state index in [4.69, 9.17) is 14.6 Å². The van der Waals surface area contributed by atoms with Gasteiger partial charge < -0.3 is 9.47 Å². The number of methoxy groups -OCH3 is 1. The molecule has 5 nitrogen and oxygen atoms in total. The first-order valence-electron chi connectivity index (χ1n) is 10.5. The minimum atomic E-state index is -0.193. The Bertz CT molecular complexity index is 1020. The van der Waals surface area contributed by atoms with Crippen LogP contribution in [0.5, 0.6) is 5.75 Å². The van der Waals surface area contributed by atoms with Gasteiger partial charge in [-0.1, -0.05) is 38.0 Å². The van der Waals surface area contributed by atoms with Crippen molar-refractivity contribution in [2.45, 2.75) is 57.6 Å². The quantitative estimate of drug-likeness (QED) is 0.388. The summed E-state index contributed by atoms with van der Waals surface area (Å²) >= 11 is 3.61. The van der Waals surface area contributed by atoms with Crippen LogP contribution >= 0.6 is 15.9 Å². The Morgan fingerprint density at radius 2 is 1.93 bits per heavy atom. The monoisotopic (exact) mass is 470 g/mol. The molecule has 1 saturated carbocycles. The van der Waals surface area contributed by atoms with Gasteiger partial charge in [0, 0.05) is 5.39 Å². The van der Waals surface area contributed by atoms with Gasteiger partial charge >= 0.3 is 5.97 Å². The van der Waals surface area contributed by atoms with Gasteiger partial charge in [-0.2, -0.15) is 5.10 Å². The summed E-state index contributed by atoms with van der Waals surface area (Å²) in [6, 6.07) is 14.8. The molecule has 30 heavy (non-hydrogen) atoms. The fourth-order valence-electron chi connectivity index (χ4n) is 4.17. The summed E-state index contributed by atoms with van der Waals surface area (Å²) in [7, 11) is 1.42. The molecule has 1 heterocycles. The lowest BCUT2D eigenvalue weighted by molar-refractivity contribution is -0.140. The number of carbonyl (C=O) groups is 1. The zero-order valence-corrected chi connectivity index (χ0v) is 19.0. The van der Waals surface area contributed by atoms with Gasteiger partial charge in [0.1, 0.15) is 17.0 Å². The van der Waals surface area contributed by atoms with Crippen LogP contribution in [0.15, 0.2) is 47.1 Å². The summed E-state index contributed by atoms with van der Waals surface area (Å²) in [5.41, 5.74) is 3.39. The van der Waals surface area contributed by atoms with E-state index < -0.39 is 0 Å². The highest BCUT2D eigenvalue weighted by molar-refractivity contribution is 9.10. The van der Waals surface area contributed by atoms with Crippen LogP contribution in [0.25, 0.3) is 10.9 Å². The summed E-state index contributed by atoms with van der Waals surface area (Å²) < 4.78 is 13.9. The largest absolute Gasteiger partial charge is 0.489 e. The lowest BCUT2D eigenvalue weighted by Gasteiger charge is -2.13. The van der Waals surface area contributed by atoms with E-state index in [1.165, 1.54) is 38.3 Å². The third kappa shape index (κ3) is 4.53. The fourth-order valence-corrected chi connectivity index (χ4v) is 4.68. The van der Waals surface area contributed by atoms with Crippen molar-refractivity contribution in [1.82, 2.24) is 9.78 Å². The first-order valence-corrected chi connectivity index (χ1v) is 11.3. The molecule has 1 fully saturated rings. The maximum atomic E-state index is 11.5. The van der Waals surface area contributed by atoms with Crippen LogP contribution in [0.3, 0.4) is 0 Å². The molecule has 1 aliphatic rings. The number of ether oxygens (including phenoxy) is 2. The van der Waals surface area contributed by atoms with Crippen LogP contribution in [0.4, 0.5) is 0 Å². The molecular formula is C24H27BrN2O3. The number of rotatable bonds is 7. The van der Waals surface area contributed by atoms with Crippen LogP contribution in [-0.4, -0.2) is 22.9 Å². The number of halogens is 1. The molecule has 0 unspecified atom stereocenters. The number of fused-ring (bicyclic) bond motifs is 1. The predicted molar refractivity (Wildman–Crippen MR) is 121 cm³/mol. The molecule has 0 amide bonds. The average molecular weight is 471 g/mol. The van der Waals surface area contributed by atoms with Crippen molar-refractivity contribution in [1.29, 1.82) is 0 Å². The van der Waals surface area contributed by atoms with Gasteiger partial charge in [0.15, 0.2) is 0 Å². The second kappa shape index (κ2) is 9.21. The third-order valence-electron chi connectivity index (χ3n) is 5.95. The minimum Gasteiger partial charge on any atom is -0.489 e. The molecule has 1 aliphatic carbocycles. The smallest absolute Gasteiger partial charge is 0.306 e. The Morgan fingerprint density at radius 1 is 1.20 bits per heavy atom. The van der Waals surface area contributed by atoms with Crippen molar-refractivity contribution in [3.63, 3.8) is 0 Å². The second-order valence-electron chi connectivity index (χ2n) is 8.06. The minimum absolute atomic E-state index is 0.114. The number of hydrogen-bond donors (Lipinski definition) is 0. The lowest BCUT2D eigenvalue weighted by Crippen LogP contribution is -2.06. The third-order valence-corrected chi connectivity index (χ3v) is 6.54. The highest BCUT2D eigenvalue weighted by atomic mass is 79.9. The van der Waals surface area contributed by atoms with Crippen molar-refractivity contribution in [2.24, 2.45) is 0 Å². The van der Waals surface area contributed by atoms with Crippen LogP contribution in [-0.2, 0) is 16.1 Å². The van der Waals surface area contributed by atoms with E-state index >= 15 is 0 Å². The molecule has 1 atom stereocenters. The molecule has 3 aromatic rings.